The second-order valence-electron chi connectivity index (χ2n) is 10.7. The van der Waals surface area contributed by atoms with Crippen LogP contribution in [0.4, 0.5) is 0 Å². The standard InChI is InChI=1S/C16H36N.C16H24O4.FH/c1-5-9-13-17(14-10-6-2,15-11-7-3)16-12-8-4;1-4-19-13-9-12(11-17)10-14(20-5-2)15(13)16(18-3)7-6-8-16;/h5-16H2,1-4H3;9-10,17H,4-8,11H2,1-3H3;1H/q+1;;/p-1. The highest BCUT2D eigenvalue weighted by molar-refractivity contribution is 5.52. The number of hydrogen-bond donors (Lipinski definition) is 1. The molecule has 1 saturated carbocycles. The number of aliphatic hydroxyl groups excluding tert-OH is 1. The molecule has 0 amide bonds. The Labute approximate surface area is 234 Å². The third-order valence-corrected chi connectivity index (χ3v) is 7.86. The number of nitrogens with zero attached hydrogens (tertiary/aromatic N) is 1. The first-order chi connectivity index (χ1) is 17.9. The summed E-state index contributed by atoms with van der Waals surface area (Å²) >= 11 is 0. The Balaban J connectivity index is 0.000000714. The zero-order chi connectivity index (χ0) is 27.6. The van der Waals surface area contributed by atoms with Crippen molar-refractivity contribution in [1.82, 2.24) is 0 Å². The Kier molecular flexibility index (Phi) is 19.8. The van der Waals surface area contributed by atoms with E-state index in [9.17, 15) is 5.11 Å². The van der Waals surface area contributed by atoms with Crippen LogP contribution in [0.3, 0.4) is 0 Å². The van der Waals surface area contributed by atoms with Crippen molar-refractivity contribution in [3.8, 4) is 11.5 Å². The number of unbranched alkanes of at least 4 members (excludes halogenated alkanes) is 4. The van der Waals surface area contributed by atoms with Gasteiger partial charge < -0.3 is 28.5 Å². The number of methoxy groups -OCH3 is 1. The summed E-state index contributed by atoms with van der Waals surface area (Å²) in [6.07, 6.45) is 14.2. The highest BCUT2D eigenvalue weighted by Gasteiger charge is 2.43. The number of aliphatic hydroxyl groups is 1. The quantitative estimate of drug-likeness (QED) is 0.250. The van der Waals surface area contributed by atoms with Crippen molar-refractivity contribution in [2.45, 2.75) is 124 Å². The van der Waals surface area contributed by atoms with E-state index < -0.39 is 0 Å². The lowest BCUT2D eigenvalue weighted by molar-refractivity contribution is -0.929. The fourth-order valence-electron chi connectivity index (χ4n) is 5.42. The molecule has 1 aromatic carbocycles. The summed E-state index contributed by atoms with van der Waals surface area (Å²) in [5.41, 5.74) is 1.49. The van der Waals surface area contributed by atoms with Gasteiger partial charge in [0, 0.05) is 7.11 Å². The van der Waals surface area contributed by atoms with E-state index in [1.54, 1.807) is 7.11 Å². The van der Waals surface area contributed by atoms with E-state index >= 15 is 0 Å². The maximum Gasteiger partial charge on any atom is 0.129 e. The molecule has 0 radical (unpaired) electrons. The van der Waals surface area contributed by atoms with Crippen molar-refractivity contribution < 1.29 is 28.5 Å². The molecule has 224 valence electrons. The predicted octanol–water partition coefficient (Wildman–Crippen LogP) is 5.01. The molecule has 0 unspecified atom stereocenters. The molecule has 0 spiro atoms. The molecule has 0 saturated heterocycles. The average Bonchev–Trinajstić information content (AvgIpc) is 2.89. The average molecular weight is 542 g/mol. The molecule has 0 bridgehead atoms. The summed E-state index contributed by atoms with van der Waals surface area (Å²) in [5.74, 6) is 1.54. The predicted molar refractivity (Wildman–Crippen MR) is 157 cm³/mol. The number of rotatable bonds is 19. The van der Waals surface area contributed by atoms with Crippen LogP contribution in [-0.4, -0.2) is 56.1 Å². The lowest BCUT2D eigenvalue weighted by atomic mass is 9.74. The summed E-state index contributed by atoms with van der Waals surface area (Å²) in [4.78, 5) is 0. The summed E-state index contributed by atoms with van der Waals surface area (Å²) in [5, 5.41) is 9.40. The Hall–Kier alpha value is -1.37. The van der Waals surface area contributed by atoms with Crippen LogP contribution in [-0.2, 0) is 16.9 Å². The van der Waals surface area contributed by atoms with E-state index in [2.05, 4.69) is 27.7 Å². The molecule has 1 aliphatic carbocycles. The Bertz CT molecular complexity index is 653. The van der Waals surface area contributed by atoms with Crippen molar-refractivity contribution in [3.63, 3.8) is 0 Å². The molecule has 1 aromatic rings. The normalized spacial score (nSPS) is 14.1. The van der Waals surface area contributed by atoms with Crippen LogP contribution in [0.2, 0.25) is 0 Å². The van der Waals surface area contributed by atoms with Crippen LogP contribution < -0.4 is 14.2 Å². The summed E-state index contributed by atoms with van der Waals surface area (Å²) in [6, 6.07) is 3.78. The molecule has 6 heteroatoms. The van der Waals surface area contributed by atoms with Crippen molar-refractivity contribution in [1.29, 1.82) is 0 Å². The number of quaternary nitrogens is 1. The highest BCUT2D eigenvalue weighted by atomic mass is 19.0. The molecule has 1 N–H and O–H groups in total. The van der Waals surface area contributed by atoms with E-state index in [4.69, 9.17) is 14.2 Å². The SMILES string of the molecule is CCCC[N+](CCCC)(CCCC)CCCC.CCOc1cc(CO)cc(OCC)c1C1(OC)CCC1.[F-]. The first-order valence-electron chi connectivity index (χ1n) is 15.4. The molecular weight excluding hydrogens is 481 g/mol. The zero-order valence-corrected chi connectivity index (χ0v) is 25.9. The Morgan fingerprint density at radius 2 is 1.13 bits per heavy atom. The highest BCUT2D eigenvalue weighted by Crippen LogP contribution is 2.51. The number of halogens is 1. The van der Waals surface area contributed by atoms with E-state index in [1.165, 1.54) is 82.0 Å². The monoisotopic (exact) mass is 541 g/mol. The molecule has 0 heterocycles. The van der Waals surface area contributed by atoms with Crippen molar-refractivity contribution >= 4 is 0 Å². The molecule has 0 aromatic heterocycles. The van der Waals surface area contributed by atoms with Gasteiger partial charge in [-0.1, -0.05) is 53.4 Å². The maximum atomic E-state index is 9.40. The van der Waals surface area contributed by atoms with Crippen LogP contribution in [0.5, 0.6) is 11.5 Å². The van der Waals surface area contributed by atoms with Crippen LogP contribution in [0.1, 0.15) is 123 Å². The van der Waals surface area contributed by atoms with Gasteiger partial charge in [0.25, 0.3) is 0 Å². The largest absolute Gasteiger partial charge is 1.00 e. The molecule has 1 fully saturated rings. The minimum absolute atomic E-state index is 0. The van der Waals surface area contributed by atoms with Gasteiger partial charge in [0.2, 0.25) is 0 Å². The maximum absolute atomic E-state index is 9.40. The Morgan fingerprint density at radius 1 is 0.737 bits per heavy atom. The van der Waals surface area contributed by atoms with Gasteiger partial charge >= 0.3 is 0 Å². The number of benzene rings is 1. The van der Waals surface area contributed by atoms with Crippen LogP contribution in [0.15, 0.2) is 12.1 Å². The minimum atomic E-state index is -0.303. The molecule has 2 rings (SSSR count). The van der Waals surface area contributed by atoms with Gasteiger partial charge in [-0.05, 0) is 76.5 Å². The van der Waals surface area contributed by atoms with Crippen LogP contribution in [0.25, 0.3) is 0 Å². The summed E-state index contributed by atoms with van der Waals surface area (Å²) < 4.78 is 18.8. The van der Waals surface area contributed by atoms with Crippen molar-refractivity contribution in [2.24, 2.45) is 0 Å². The second-order valence-corrected chi connectivity index (χ2v) is 10.7. The smallest absolute Gasteiger partial charge is 0.129 e. The zero-order valence-electron chi connectivity index (χ0n) is 25.9. The first kappa shape index (κ1) is 36.6. The second kappa shape index (κ2) is 20.5. The minimum Gasteiger partial charge on any atom is -1.00 e. The van der Waals surface area contributed by atoms with Gasteiger partial charge in [-0.15, -0.1) is 0 Å². The molecule has 5 nitrogen and oxygen atoms in total. The van der Waals surface area contributed by atoms with E-state index in [-0.39, 0.29) is 16.9 Å². The van der Waals surface area contributed by atoms with Gasteiger partial charge in [-0.2, -0.15) is 0 Å². The van der Waals surface area contributed by atoms with Gasteiger partial charge in [-0.25, -0.2) is 0 Å². The fourth-order valence-corrected chi connectivity index (χ4v) is 5.42. The van der Waals surface area contributed by atoms with Crippen LogP contribution in [0, 0.1) is 0 Å². The lowest BCUT2D eigenvalue weighted by Crippen LogP contribution is -3.00. The molecule has 0 aliphatic heterocycles. The van der Waals surface area contributed by atoms with Gasteiger partial charge in [-0.3, -0.25) is 0 Å². The van der Waals surface area contributed by atoms with Crippen LogP contribution >= 0.6 is 0 Å². The van der Waals surface area contributed by atoms with Crippen molar-refractivity contribution in [3.05, 3.63) is 23.3 Å². The number of ether oxygens (including phenoxy) is 3. The van der Waals surface area contributed by atoms with Gasteiger partial charge in [0.1, 0.15) is 11.5 Å². The van der Waals surface area contributed by atoms with Crippen molar-refractivity contribution in [2.75, 3.05) is 46.5 Å². The summed E-state index contributed by atoms with van der Waals surface area (Å²) in [6.45, 7) is 20.1. The Morgan fingerprint density at radius 3 is 1.37 bits per heavy atom. The number of hydrogen-bond acceptors (Lipinski definition) is 4. The molecule has 1 aliphatic rings. The van der Waals surface area contributed by atoms with E-state index in [0.29, 0.717) is 13.2 Å². The van der Waals surface area contributed by atoms with E-state index in [1.807, 2.05) is 26.0 Å². The topological polar surface area (TPSA) is 47.9 Å². The summed E-state index contributed by atoms with van der Waals surface area (Å²) in [7, 11) is 1.74. The van der Waals surface area contributed by atoms with Gasteiger partial charge in [0.05, 0.1) is 57.2 Å². The molecule has 0 atom stereocenters. The first-order valence-corrected chi connectivity index (χ1v) is 15.4. The third kappa shape index (κ3) is 11.0. The van der Waals surface area contributed by atoms with E-state index in [0.717, 1.165) is 41.9 Å². The lowest BCUT2D eigenvalue weighted by Gasteiger charge is -2.42. The molecular formula is C32H60FNO4. The van der Waals surface area contributed by atoms with Gasteiger partial charge in [0.15, 0.2) is 0 Å². The fraction of sp³-hybridized carbons (Fsp3) is 0.812. The third-order valence-electron chi connectivity index (χ3n) is 7.86. The molecule has 38 heavy (non-hydrogen) atoms.